The van der Waals surface area contributed by atoms with Gasteiger partial charge < -0.3 is 4.98 Å². The van der Waals surface area contributed by atoms with E-state index in [0.29, 0.717) is 5.92 Å². The number of aromatic nitrogens is 1. The molecule has 4 rings (SSSR count). The van der Waals surface area contributed by atoms with Crippen LogP contribution in [0.2, 0.25) is 0 Å². The number of nitrogens with one attached hydrogen (secondary N) is 1. The van der Waals surface area contributed by atoms with Gasteiger partial charge in [-0.3, -0.25) is 4.90 Å². The lowest BCUT2D eigenvalue weighted by atomic mass is 9.90. The van der Waals surface area contributed by atoms with E-state index in [1.807, 2.05) is 0 Å². The summed E-state index contributed by atoms with van der Waals surface area (Å²) in [6.45, 7) is 7.33. The Balaban J connectivity index is 1.71. The minimum absolute atomic E-state index is 0.649. The van der Waals surface area contributed by atoms with E-state index >= 15 is 0 Å². The molecular formula is C19H26N2. The lowest BCUT2D eigenvalue weighted by Crippen LogP contribution is -2.34. The first-order valence-corrected chi connectivity index (χ1v) is 8.59. The van der Waals surface area contributed by atoms with E-state index in [2.05, 4.69) is 48.0 Å². The third-order valence-corrected chi connectivity index (χ3v) is 5.81. The van der Waals surface area contributed by atoms with Gasteiger partial charge in [0.15, 0.2) is 0 Å². The van der Waals surface area contributed by atoms with E-state index in [0.717, 1.165) is 12.0 Å². The van der Waals surface area contributed by atoms with Gasteiger partial charge in [-0.05, 0) is 42.7 Å². The maximum atomic E-state index is 3.72. The van der Waals surface area contributed by atoms with Crippen molar-refractivity contribution in [1.29, 1.82) is 0 Å². The molecule has 2 aliphatic heterocycles. The SMILES string of the molecule is CCC1CC2C[C@H](C)c3[nH]c4ccccc4c3CCN2C1. The summed E-state index contributed by atoms with van der Waals surface area (Å²) in [5.74, 6) is 1.58. The molecule has 1 fully saturated rings. The number of H-pyrrole nitrogens is 1. The zero-order chi connectivity index (χ0) is 14.4. The quantitative estimate of drug-likeness (QED) is 0.825. The first-order chi connectivity index (χ1) is 10.3. The number of fused-ring (bicyclic) bond motifs is 4. The van der Waals surface area contributed by atoms with Gasteiger partial charge in [0.1, 0.15) is 0 Å². The lowest BCUT2D eigenvalue weighted by Gasteiger charge is -2.30. The summed E-state index contributed by atoms with van der Waals surface area (Å²) in [7, 11) is 0. The van der Waals surface area contributed by atoms with Crippen molar-refractivity contribution in [3.05, 3.63) is 35.5 Å². The summed E-state index contributed by atoms with van der Waals surface area (Å²) in [6.07, 6.45) is 5.28. The molecule has 2 aromatic rings. The van der Waals surface area contributed by atoms with Crippen LogP contribution in [-0.2, 0) is 6.42 Å². The standard InChI is InChI=1S/C19H26N2/c1-3-14-11-15-10-13(2)19-17(8-9-21(15)12-14)16-6-4-5-7-18(16)20-19/h4-7,13-15,20H,3,8-12H2,1-2H3/t13-,14?,15?/m0/s1. The Hall–Kier alpha value is -1.28. The fourth-order valence-corrected chi connectivity index (χ4v) is 4.60. The van der Waals surface area contributed by atoms with Gasteiger partial charge in [0, 0.05) is 35.7 Å². The molecule has 21 heavy (non-hydrogen) atoms. The molecular weight excluding hydrogens is 256 g/mol. The first kappa shape index (κ1) is 13.4. The monoisotopic (exact) mass is 282 g/mol. The van der Waals surface area contributed by atoms with Gasteiger partial charge >= 0.3 is 0 Å². The average molecular weight is 282 g/mol. The fourth-order valence-electron chi connectivity index (χ4n) is 4.60. The molecule has 0 aliphatic carbocycles. The van der Waals surface area contributed by atoms with E-state index in [9.17, 15) is 0 Å². The van der Waals surface area contributed by atoms with E-state index in [1.165, 1.54) is 55.4 Å². The second-order valence-corrected chi connectivity index (χ2v) is 7.11. The van der Waals surface area contributed by atoms with Crippen LogP contribution in [-0.4, -0.2) is 29.0 Å². The molecule has 3 heterocycles. The van der Waals surface area contributed by atoms with Gasteiger partial charge in [-0.2, -0.15) is 0 Å². The Morgan fingerprint density at radius 2 is 2.10 bits per heavy atom. The van der Waals surface area contributed by atoms with Crippen molar-refractivity contribution in [1.82, 2.24) is 9.88 Å². The van der Waals surface area contributed by atoms with Crippen LogP contribution in [0.25, 0.3) is 10.9 Å². The normalized spacial score (nSPS) is 29.9. The molecule has 1 N–H and O–H groups in total. The highest BCUT2D eigenvalue weighted by Gasteiger charge is 2.34. The van der Waals surface area contributed by atoms with E-state index in [4.69, 9.17) is 0 Å². The number of aromatic amines is 1. The topological polar surface area (TPSA) is 19.0 Å². The van der Waals surface area contributed by atoms with Crippen LogP contribution in [0, 0.1) is 5.92 Å². The Morgan fingerprint density at radius 1 is 1.24 bits per heavy atom. The van der Waals surface area contributed by atoms with Crippen LogP contribution >= 0.6 is 0 Å². The minimum Gasteiger partial charge on any atom is -0.358 e. The molecule has 1 aromatic carbocycles. The van der Waals surface area contributed by atoms with Crippen molar-refractivity contribution in [3.63, 3.8) is 0 Å². The van der Waals surface area contributed by atoms with Gasteiger partial charge in [-0.1, -0.05) is 38.5 Å². The molecule has 0 radical (unpaired) electrons. The molecule has 2 aliphatic rings. The van der Waals surface area contributed by atoms with Crippen LogP contribution in [0.3, 0.4) is 0 Å². The molecule has 2 heteroatoms. The summed E-state index contributed by atoms with van der Waals surface area (Å²) >= 11 is 0. The molecule has 2 nitrogen and oxygen atoms in total. The Bertz CT molecular complexity index is 642. The third kappa shape index (κ3) is 2.20. The average Bonchev–Trinajstić information content (AvgIpc) is 3.04. The molecule has 1 saturated heterocycles. The van der Waals surface area contributed by atoms with Crippen LogP contribution in [0.15, 0.2) is 24.3 Å². The molecule has 0 spiro atoms. The second kappa shape index (κ2) is 5.17. The van der Waals surface area contributed by atoms with Gasteiger partial charge in [0.05, 0.1) is 0 Å². The van der Waals surface area contributed by atoms with Crippen LogP contribution in [0.4, 0.5) is 0 Å². The van der Waals surface area contributed by atoms with Gasteiger partial charge in [0.2, 0.25) is 0 Å². The maximum Gasteiger partial charge on any atom is 0.0459 e. The first-order valence-electron chi connectivity index (χ1n) is 8.59. The highest BCUT2D eigenvalue weighted by atomic mass is 15.2. The molecule has 0 bridgehead atoms. The summed E-state index contributed by atoms with van der Waals surface area (Å²) in [4.78, 5) is 6.49. The Morgan fingerprint density at radius 3 is 2.95 bits per heavy atom. The maximum absolute atomic E-state index is 3.72. The van der Waals surface area contributed by atoms with Gasteiger partial charge in [-0.25, -0.2) is 0 Å². The van der Waals surface area contributed by atoms with Crippen molar-refractivity contribution < 1.29 is 0 Å². The number of rotatable bonds is 1. The molecule has 1 aromatic heterocycles. The Kier molecular flexibility index (Phi) is 3.30. The Labute approximate surface area is 127 Å². The van der Waals surface area contributed by atoms with E-state index in [-0.39, 0.29) is 0 Å². The molecule has 3 atom stereocenters. The smallest absolute Gasteiger partial charge is 0.0459 e. The zero-order valence-corrected chi connectivity index (χ0v) is 13.2. The van der Waals surface area contributed by atoms with Crippen molar-refractivity contribution in [2.45, 2.75) is 51.5 Å². The van der Waals surface area contributed by atoms with Crippen LogP contribution in [0.1, 0.15) is 50.3 Å². The second-order valence-electron chi connectivity index (χ2n) is 7.11. The fraction of sp³-hybridized carbons (Fsp3) is 0.579. The minimum atomic E-state index is 0.649. The van der Waals surface area contributed by atoms with E-state index < -0.39 is 0 Å². The van der Waals surface area contributed by atoms with Gasteiger partial charge in [0.25, 0.3) is 0 Å². The van der Waals surface area contributed by atoms with Crippen molar-refractivity contribution in [2.75, 3.05) is 13.1 Å². The highest BCUT2D eigenvalue weighted by molar-refractivity contribution is 5.84. The third-order valence-electron chi connectivity index (χ3n) is 5.81. The largest absolute Gasteiger partial charge is 0.358 e. The summed E-state index contributed by atoms with van der Waals surface area (Å²) < 4.78 is 0. The van der Waals surface area contributed by atoms with Crippen LogP contribution < -0.4 is 0 Å². The van der Waals surface area contributed by atoms with Gasteiger partial charge in [-0.15, -0.1) is 0 Å². The predicted molar refractivity (Wildman–Crippen MR) is 88.8 cm³/mol. The lowest BCUT2D eigenvalue weighted by molar-refractivity contribution is 0.229. The van der Waals surface area contributed by atoms with Crippen LogP contribution in [0.5, 0.6) is 0 Å². The summed E-state index contributed by atoms with van der Waals surface area (Å²) in [6, 6.07) is 9.63. The zero-order valence-electron chi connectivity index (χ0n) is 13.2. The van der Waals surface area contributed by atoms with Crippen molar-refractivity contribution >= 4 is 10.9 Å². The van der Waals surface area contributed by atoms with E-state index in [1.54, 1.807) is 5.56 Å². The molecule has 112 valence electrons. The summed E-state index contributed by atoms with van der Waals surface area (Å²) in [5, 5.41) is 1.45. The summed E-state index contributed by atoms with van der Waals surface area (Å²) in [5.41, 5.74) is 4.41. The number of hydrogen-bond acceptors (Lipinski definition) is 1. The molecule has 0 saturated carbocycles. The highest BCUT2D eigenvalue weighted by Crippen LogP contribution is 2.37. The number of para-hydroxylation sites is 1. The van der Waals surface area contributed by atoms with Crippen molar-refractivity contribution in [3.8, 4) is 0 Å². The molecule has 2 unspecified atom stereocenters. The number of hydrogen-bond donors (Lipinski definition) is 1. The van der Waals surface area contributed by atoms with Crippen molar-refractivity contribution in [2.24, 2.45) is 5.92 Å². The molecule has 0 amide bonds. The number of nitrogens with zero attached hydrogens (tertiary/aromatic N) is 1. The predicted octanol–water partition coefficient (Wildman–Crippen LogP) is 4.32. The number of benzene rings is 1.